The summed E-state index contributed by atoms with van der Waals surface area (Å²) in [5.41, 5.74) is 8.95. The lowest BCUT2D eigenvalue weighted by Gasteiger charge is -2.37. The molecule has 2 rings (SSSR count). The summed E-state index contributed by atoms with van der Waals surface area (Å²) in [7, 11) is 0. The van der Waals surface area contributed by atoms with Gasteiger partial charge in [-0.15, -0.1) is 0 Å². The van der Waals surface area contributed by atoms with Crippen LogP contribution in [0.4, 0.5) is 5.69 Å². The Morgan fingerprint density at radius 1 is 1.39 bits per heavy atom. The van der Waals surface area contributed by atoms with E-state index in [4.69, 9.17) is 5.73 Å². The van der Waals surface area contributed by atoms with Crippen molar-refractivity contribution < 1.29 is 0 Å². The van der Waals surface area contributed by atoms with Crippen LogP contribution in [0.15, 0.2) is 24.3 Å². The quantitative estimate of drug-likeness (QED) is 0.863. The molecule has 0 aliphatic carbocycles. The molecule has 1 heterocycles. The molecule has 2 atom stereocenters. The molecular formula is C16H26N2. The van der Waals surface area contributed by atoms with E-state index in [1.807, 2.05) is 0 Å². The van der Waals surface area contributed by atoms with Crippen molar-refractivity contribution >= 4 is 5.69 Å². The first kappa shape index (κ1) is 13.4. The Morgan fingerprint density at radius 2 is 2.17 bits per heavy atom. The number of rotatable bonds is 5. The lowest BCUT2D eigenvalue weighted by atomic mass is 9.96. The van der Waals surface area contributed by atoms with Gasteiger partial charge >= 0.3 is 0 Å². The number of hydrogen-bond donors (Lipinski definition) is 1. The summed E-state index contributed by atoms with van der Waals surface area (Å²) in [5, 5.41) is 0. The smallest absolute Gasteiger partial charge is 0.0401 e. The standard InChI is InChI=1S/C16H26N2/c1-3-15(17)8-6-12-18-13(2)10-11-14-7-4-5-9-16(14)18/h4-5,7,9,13,15H,3,6,8,10-12,17H2,1-2H3. The molecule has 1 aromatic carbocycles. The molecule has 100 valence electrons. The lowest BCUT2D eigenvalue weighted by Crippen LogP contribution is -2.38. The van der Waals surface area contributed by atoms with Gasteiger partial charge in [0.2, 0.25) is 0 Å². The van der Waals surface area contributed by atoms with E-state index in [0.29, 0.717) is 12.1 Å². The number of hydrogen-bond acceptors (Lipinski definition) is 2. The lowest BCUT2D eigenvalue weighted by molar-refractivity contribution is 0.515. The van der Waals surface area contributed by atoms with Crippen LogP contribution < -0.4 is 10.6 Å². The van der Waals surface area contributed by atoms with Crippen LogP contribution in [0.25, 0.3) is 0 Å². The maximum Gasteiger partial charge on any atom is 0.0401 e. The van der Waals surface area contributed by atoms with Gasteiger partial charge in [0.05, 0.1) is 0 Å². The fourth-order valence-corrected chi connectivity index (χ4v) is 2.83. The first-order chi connectivity index (χ1) is 8.72. The first-order valence-electron chi connectivity index (χ1n) is 7.32. The van der Waals surface area contributed by atoms with E-state index in [1.54, 1.807) is 0 Å². The Bertz CT molecular complexity index is 375. The Labute approximate surface area is 111 Å². The van der Waals surface area contributed by atoms with Crippen molar-refractivity contribution in [3.05, 3.63) is 29.8 Å². The zero-order valence-corrected chi connectivity index (χ0v) is 11.7. The topological polar surface area (TPSA) is 29.3 Å². The number of nitrogens with two attached hydrogens (primary N) is 1. The fourth-order valence-electron chi connectivity index (χ4n) is 2.83. The minimum atomic E-state index is 0.375. The van der Waals surface area contributed by atoms with Gasteiger partial charge in [0, 0.05) is 24.3 Å². The fraction of sp³-hybridized carbons (Fsp3) is 0.625. The summed E-state index contributed by atoms with van der Waals surface area (Å²) in [5.74, 6) is 0. The van der Waals surface area contributed by atoms with Crippen molar-refractivity contribution in [3.8, 4) is 0 Å². The van der Waals surface area contributed by atoms with E-state index >= 15 is 0 Å². The van der Waals surface area contributed by atoms with Gasteiger partial charge < -0.3 is 10.6 Å². The molecule has 0 bridgehead atoms. The van der Waals surface area contributed by atoms with Crippen LogP contribution in [-0.4, -0.2) is 18.6 Å². The van der Waals surface area contributed by atoms with E-state index < -0.39 is 0 Å². The summed E-state index contributed by atoms with van der Waals surface area (Å²) < 4.78 is 0. The monoisotopic (exact) mass is 246 g/mol. The van der Waals surface area contributed by atoms with Crippen LogP contribution >= 0.6 is 0 Å². The number of aryl methyl sites for hydroxylation is 1. The van der Waals surface area contributed by atoms with Gasteiger partial charge in [-0.05, 0) is 50.7 Å². The third-order valence-electron chi connectivity index (χ3n) is 4.16. The van der Waals surface area contributed by atoms with Crippen molar-refractivity contribution in [2.75, 3.05) is 11.4 Å². The number of para-hydroxylation sites is 1. The van der Waals surface area contributed by atoms with Gasteiger partial charge in [-0.2, -0.15) is 0 Å². The zero-order valence-electron chi connectivity index (χ0n) is 11.7. The number of anilines is 1. The molecule has 0 saturated carbocycles. The highest BCUT2D eigenvalue weighted by atomic mass is 15.2. The third-order valence-corrected chi connectivity index (χ3v) is 4.16. The molecule has 2 N–H and O–H groups in total. The van der Waals surface area contributed by atoms with Gasteiger partial charge in [0.25, 0.3) is 0 Å². The highest BCUT2D eigenvalue weighted by Crippen LogP contribution is 2.30. The summed E-state index contributed by atoms with van der Waals surface area (Å²) in [6.45, 7) is 5.66. The van der Waals surface area contributed by atoms with Gasteiger partial charge in [-0.1, -0.05) is 25.1 Å². The first-order valence-corrected chi connectivity index (χ1v) is 7.32. The molecule has 18 heavy (non-hydrogen) atoms. The normalized spacial score (nSPS) is 20.6. The minimum Gasteiger partial charge on any atom is -0.369 e. The molecule has 1 aliphatic heterocycles. The van der Waals surface area contributed by atoms with Crippen molar-refractivity contribution in [2.24, 2.45) is 5.73 Å². The van der Waals surface area contributed by atoms with Crippen LogP contribution in [0, 0.1) is 0 Å². The van der Waals surface area contributed by atoms with Crippen LogP contribution in [0.2, 0.25) is 0 Å². The Hall–Kier alpha value is -1.02. The average Bonchev–Trinajstić information content (AvgIpc) is 2.41. The predicted octanol–water partition coefficient (Wildman–Crippen LogP) is 3.35. The molecule has 0 fully saturated rings. The summed E-state index contributed by atoms with van der Waals surface area (Å²) in [6, 6.07) is 9.89. The Balaban J connectivity index is 1.98. The predicted molar refractivity (Wildman–Crippen MR) is 79.1 cm³/mol. The third kappa shape index (κ3) is 3.05. The molecule has 2 unspecified atom stereocenters. The highest BCUT2D eigenvalue weighted by molar-refractivity contribution is 5.56. The van der Waals surface area contributed by atoms with Gasteiger partial charge in [0.15, 0.2) is 0 Å². The molecule has 0 aromatic heterocycles. The van der Waals surface area contributed by atoms with Crippen molar-refractivity contribution in [1.82, 2.24) is 0 Å². The molecule has 0 radical (unpaired) electrons. The minimum absolute atomic E-state index is 0.375. The van der Waals surface area contributed by atoms with Gasteiger partial charge in [-0.25, -0.2) is 0 Å². The molecule has 2 heteroatoms. The van der Waals surface area contributed by atoms with Crippen LogP contribution in [0.1, 0.15) is 45.1 Å². The highest BCUT2D eigenvalue weighted by Gasteiger charge is 2.21. The Kier molecular flexibility index (Phi) is 4.65. The van der Waals surface area contributed by atoms with Crippen molar-refractivity contribution in [1.29, 1.82) is 0 Å². The van der Waals surface area contributed by atoms with Crippen LogP contribution in [0.3, 0.4) is 0 Å². The van der Waals surface area contributed by atoms with Gasteiger partial charge in [-0.3, -0.25) is 0 Å². The maximum atomic E-state index is 6.00. The van der Waals surface area contributed by atoms with Crippen LogP contribution in [0.5, 0.6) is 0 Å². The van der Waals surface area contributed by atoms with Crippen LogP contribution in [-0.2, 0) is 6.42 Å². The molecule has 2 nitrogen and oxygen atoms in total. The summed E-state index contributed by atoms with van der Waals surface area (Å²) in [4.78, 5) is 2.57. The molecular weight excluding hydrogens is 220 g/mol. The van der Waals surface area contributed by atoms with E-state index in [9.17, 15) is 0 Å². The average molecular weight is 246 g/mol. The molecule has 0 spiro atoms. The van der Waals surface area contributed by atoms with Crippen molar-refractivity contribution in [2.45, 2.75) is 58.0 Å². The second-order valence-corrected chi connectivity index (χ2v) is 5.52. The SMILES string of the molecule is CCC(N)CCCN1c2ccccc2CCC1C. The molecule has 0 saturated heterocycles. The van der Waals surface area contributed by atoms with Crippen molar-refractivity contribution in [3.63, 3.8) is 0 Å². The van der Waals surface area contributed by atoms with Gasteiger partial charge in [0.1, 0.15) is 0 Å². The molecule has 1 aliphatic rings. The second kappa shape index (κ2) is 6.24. The van der Waals surface area contributed by atoms with E-state index in [1.165, 1.54) is 30.5 Å². The molecule has 1 aromatic rings. The number of nitrogens with zero attached hydrogens (tertiary/aromatic N) is 1. The summed E-state index contributed by atoms with van der Waals surface area (Å²) in [6.07, 6.45) is 5.93. The second-order valence-electron chi connectivity index (χ2n) is 5.52. The number of fused-ring (bicyclic) bond motifs is 1. The largest absolute Gasteiger partial charge is 0.369 e. The zero-order chi connectivity index (χ0) is 13.0. The van der Waals surface area contributed by atoms with E-state index in [2.05, 4.69) is 43.0 Å². The summed E-state index contributed by atoms with van der Waals surface area (Å²) >= 11 is 0. The molecule has 0 amide bonds. The van der Waals surface area contributed by atoms with E-state index in [-0.39, 0.29) is 0 Å². The Morgan fingerprint density at radius 3 is 2.94 bits per heavy atom. The van der Waals surface area contributed by atoms with E-state index in [0.717, 1.165) is 19.4 Å². The number of benzene rings is 1. The maximum absolute atomic E-state index is 6.00.